The van der Waals surface area contributed by atoms with Crippen LogP contribution in [0.2, 0.25) is 0 Å². The zero-order valence-corrected chi connectivity index (χ0v) is 10.9. The van der Waals surface area contributed by atoms with Crippen LogP contribution in [0.1, 0.15) is 10.4 Å². The highest BCUT2D eigenvalue weighted by molar-refractivity contribution is 6.09. The van der Waals surface area contributed by atoms with Crippen molar-refractivity contribution in [3.63, 3.8) is 0 Å². The van der Waals surface area contributed by atoms with Crippen LogP contribution in [0.15, 0.2) is 54.7 Å². The maximum atomic E-state index is 13.1. The Labute approximate surface area is 119 Å². The number of carbonyl (C=O) groups excluding carboxylic acids is 1. The number of hydrogen-bond acceptors (Lipinski definition) is 3. The Morgan fingerprint density at radius 3 is 2.81 bits per heavy atom. The molecule has 0 spiro atoms. The molecule has 0 saturated heterocycles. The first kappa shape index (κ1) is 13.1. The van der Waals surface area contributed by atoms with E-state index in [0.29, 0.717) is 11.2 Å². The van der Waals surface area contributed by atoms with Gasteiger partial charge in [-0.1, -0.05) is 18.2 Å². The molecule has 2 aromatic carbocycles. The van der Waals surface area contributed by atoms with Gasteiger partial charge >= 0.3 is 0 Å². The van der Waals surface area contributed by atoms with E-state index in [-0.39, 0.29) is 11.3 Å². The predicted molar refractivity (Wildman–Crippen MR) is 77.8 cm³/mol. The smallest absolute Gasteiger partial charge is 0.259 e. The molecule has 4 nitrogen and oxygen atoms in total. The van der Waals surface area contributed by atoms with Crippen LogP contribution in [0.3, 0.4) is 0 Å². The molecule has 1 amide bonds. The van der Waals surface area contributed by atoms with Crippen molar-refractivity contribution in [3.05, 3.63) is 66.1 Å². The summed E-state index contributed by atoms with van der Waals surface area (Å²) in [6, 6.07) is 12.3. The molecule has 0 aliphatic carbocycles. The number of fused-ring (bicyclic) bond motifs is 1. The number of aromatic nitrogens is 1. The number of aromatic hydroxyl groups is 1. The Morgan fingerprint density at radius 2 is 2.00 bits per heavy atom. The van der Waals surface area contributed by atoms with Gasteiger partial charge in [-0.25, -0.2) is 4.39 Å². The Hall–Kier alpha value is -2.95. The van der Waals surface area contributed by atoms with Crippen LogP contribution in [0, 0.1) is 5.82 Å². The number of phenols is 1. The summed E-state index contributed by atoms with van der Waals surface area (Å²) in [4.78, 5) is 16.2. The molecule has 5 heteroatoms. The predicted octanol–water partition coefficient (Wildman–Crippen LogP) is 3.33. The third-order valence-corrected chi connectivity index (χ3v) is 3.08. The van der Waals surface area contributed by atoms with Gasteiger partial charge < -0.3 is 10.4 Å². The second-order valence-electron chi connectivity index (χ2n) is 4.50. The molecular weight excluding hydrogens is 271 g/mol. The van der Waals surface area contributed by atoms with Crippen molar-refractivity contribution in [1.29, 1.82) is 0 Å². The number of benzene rings is 2. The average Bonchev–Trinajstić information content (AvgIpc) is 2.48. The quantitative estimate of drug-likeness (QED) is 0.757. The lowest BCUT2D eigenvalue weighted by molar-refractivity contribution is 0.102. The molecule has 2 N–H and O–H groups in total. The van der Waals surface area contributed by atoms with Crippen molar-refractivity contribution in [2.24, 2.45) is 0 Å². The van der Waals surface area contributed by atoms with Crippen LogP contribution < -0.4 is 5.32 Å². The van der Waals surface area contributed by atoms with Gasteiger partial charge in [0.15, 0.2) is 5.75 Å². The van der Waals surface area contributed by atoms with E-state index in [1.807, 2.05) is 0 Å². The van der Waals surface area contributed by atoms with Gasteiger partial charge in [-0.2, -0.15) is 0 Å². The number of carbonyl (C=O) groups is 1. The summed E-state index contributed by atoms with van der Waals surface area (Å²) in [6.07, 6.45) is 1.54. The van der Waals surface area contributed by atoms with E-state index in [1.165, 1.54) is 30.5 Å². The number of pyridine rings is 1. The van der Waals surface area contributed by atoms with Crippen molar-refractivity contribution in [1.82, 2.24) is 4.98 Å². The highest BCUT2D eigenvalue weighted by Gasteiger charge is 2.14. The summed E-state index contributed by atoms with van der Waals surface area (Å²) in [5, 5.41) is 13.4. The Kier molecular flexibility index (Phi) is 3.23. The summed E-state index contributed by atoms with van der Waals surface area (Å²) < 4.78 is 13.1. The molecule has 0 bridgehead atoms. The van der Waals surface area contributed by atoms with Crippen LogP contribution in [0.4, 0.5) is 10.1 Å². The van der Waals surface area contributed by atoms with E-state index in [2.05, 4.69) is 10.3 Å². The number of nitrogens with one attached hydrogen (secondary N) is 1. The number of phenolic OH excluding ortho intramolecular Hbond substituents is 1. The lowest BCUT2D eigenvalue weighted by Gasteiger charge is -2.08. The first-order valence-corrected chi connectivity index (χ1v) is 6.29. The fourth-order valence-electron chi connectivity index (χ4n) is 2.08. The summed E-state index contributed by atoms with van der Waals surface area (Å²) in [7, 11) is 0. The lowest BCUT2D eigenvalue weighted by atomic mass is 10.1. The first-order valence-electron chi connectivity index (χ1n) is 6.29. The summed E-state index contributed by atoms with van der Waals surface area (Å²) in [6.45, 7) is 0. The molecule has 1 heterocycles. The summed E-state index contributed by atoms with van der Waals surface area (Å²) in [5.74, 6) is -1.16. The standard InChI is InChI=1S/C16H11FN2O2/c17-11-4-1-5-12(9-11)19-16(21)13-7-6-10-3-2-8-18-14(10)15(13)20/h1-9,20H,(H,19,21). The molecule has 0 fully saturated rings. The minimum absolute atomic E-state index is 0.0884. The van der Waals surface area contributed by atoms with E-state index in [0.717, 1.165) is 5.39 Å². The van der Waals surface area contributed by atoms with Crippen LogP contribution in [0.5, 0.6) is 5.75 Å². The molecule has 0 atom stereocenters. The normalized spacial score (nSPS) is 10.5. The third kappa shape index (κ3) is 2.53. The summed E-state index contributed by atoms with van der Waals surface area (Å²) in [5.41, 5.74) is 0.760. The average molecular weight is 282 g/mol. The Balaban J connectivity index is 1.96. The van der Waals surface area contributed by atoms with E-state index in [4.69, 9.17) is 0 Å². The number of anilines is 1. The Bertz CT molecular complexity index is 833. The largest absolute Gasteiger partial charge is 0.505 e. The molecule has 3 aromatic rings. The van der Waals surface area contributed by atoms with Crippen LogP contribution in [-0.2, 0) is 0 Å². The van der Waals surface area contributed by atoms with Crippen molar-refractivity contribution in [2.75, 3.05) is 5.32 Å². The molecule has 0 radical (unpaired) electrons. The maximum Gasteiger partial charge on any atom is 0.259 e. The maximum absolute atomic E-state index is 13.1. The van der Waals surface area contributed by atoms with Crippen LogP contribution in [-0.4, -0.2) is 16.0 Å². The van der Waals surface area contributed by atoms with Gasteiger partial charge in [-0.15, -0.1) is 0 Å². The minimum Gasteiger partial charge on any atom is -0.505 e. The monoisotopic (exact) mass is 282 g/mol. The molecule has 3 rings (SSSR count). The third-order valence-electron chi connectivity index (χ3n) is 3.08. The number of hydrogen-bond donors (Lipinski definition) is 2. The number of rotatable bonds is 2. The Morgan fingerprint density at radius 1 is 1.14 bits per heavy atom. The van der Waals surface area contributed by atoms with Gasteiger partial charge in [0.05, 0.1) is 5.56 Å². The van der Waals surface area contributed by atoms with E-state index < -0.39 is 11.7 Å². The van der Waals surface area contributed by atoms with E-state index in [9.17, 15) is 14.3 Å². The first-order chi connectivity index (χ1) is 10.1. The van der Waals surface area contributed by atoms with E-state index >= 15 is 0 Å². The second kappa shape index (κ2) is 5.20. The van der Waals surface area contributed by atoms with Gasteiger partial charge in [-0.3, -0.25) is 9.78 Å². The van der Waals surface area contributed by atoms with Gasteiger partial charge in [0.1, 0.15) is 11.3 Å². The molecule has 0 saturated carbocycles. The topological polar surface area (TPSA) is 62.2 Å². The fraction of sp³-hybridized carbons (Fsp3) is 0. The van der Waals surface area contributed by atoms with Crippen LogP contribution in [0.25, 0.3) is 10.9 Å². The highest BCUT2D eigenvalue weighted by Crippen LogP contribution is 2.27. The van der Waals surface area contributed by atoms with Gasteiger partial charge in [0.25, 0.3) is 5.91 Å². The highest BCUT2D eigenvalue weighted by atomic mass is 19.1. The van der Waals surface area contributed by atoms with Crippen molar-refractivity contribution in [2.45, 2.75) is 0 Å². The molecule has 21 heavy (non-hydrogen) atoms. The molecule has 1 aromatic heterocycles. The number of halogens is 1. The van der Waals surface area contributed by atoms with Crippen molar-refractivity contribution in [3.8, 4) is 5.75 Å². The number of amides is 1. The molecular formula is C16H11FN2O2. The van der Waals surface area contributed by atoms with E-state index in [1.54, 1.807) is 24.3 Å². The molecule has 0 aliphatic heterocycles. The number of nitrogens with zero attached hydrogens (tertiary/aromatic N) is 1. The zero-order valence-electron chi connectivity index (χ0n) is 10.9. The zero-order chi connectivity index (χ0) is 14.8. The summed E-state index contributed by atoms with van der Waals surface area (Å²) >= 11 is 0. The molecule has 0 aliphatic rings. The van der Waals surface area contributed by atoms with Gasteiger partial charge in [0, 0.05) is 17.3 Å². The van der Waals surface area contributed by atoms with Crippen LogP contribution >= 0.6 is 0 Å². The van der Waals surface area contributed by atoms with Crippen molar-refractivity contribution >= 4 is 22.5 Å². The SMILES string of the molecule is O=C(Nc1cccc(F)c1)c1ccc2cccnc2c1O. The van der Waals surface area contributed by atoms with Gasteiger partial charge in [-0.05, 0) is 30.3 Å². The van der Waals surface area contributed by atoms with Gasteiger partial charge in [0.2, 0.25) is 0 Å². The lowest BCUT2D eigenvalue weighted by Crippen LogP contribution is -2.12. The van der Waals surface area contributed by atoms with Crippen molar-refractivity contribution < 1.29 is 14.3 Å². The fourth-order valence-corrected chi connectivity index (χ4v) is 2.08. The molecule has 104 valence electrons. The minimum atomic E-state index is -0.523. The molecule has 0 unspecified atom stereocenters. The second-order valence-corrected chi connectivity index (χ2v) is 4.50.